The maximum absolute atomic E-state index is 10.4. The van der Waals surface area contributed by atoms with E-state index in [1.807, 2.05) is 34.4 Å². The molecule has 27 heavy (non-hydrogen) atoms. The van der Waals surface area contributed by atoms with E-state index in [0.29, 0.717) is 0 Å². The molecule has 0 amide bonds. The van der Waals surface area contributed by atoms with Crippen LogP contribution >= 0.6 is 50.9 Å². The van der Waals surface area contributed by atoms with Crippen molar-refractivity contribution in [1.82, 2.24) is 20.4 Å². The highest BCUT2D eigenvalue weighted by molar-refractivity contribution is 8.93. The highest BCUT2D eigenvalue weighted by atomic mass is 79.9. The fourth-order valence-electron chi connectivity index (χ4n) is 2.35. The fraction of sp³-hybridized carbons (Fsp3) is 0.625. The lowest BCUT2D eigenvalue weighted by Gasteiger charge is -2.19. The van der Waals surface area contributed by atoms with E-state index in [1.54, 1.807) is 0 Å². The van der Waals surface area contributed by atoms with Gasteiger partial charge in [-0.2, -0.15) is 0 Å². The van der Waals surface area contributed by atoms with Crippen molar-refractivity contribution in [2.24, 2.45) is 0 Å². The number of nitrogens with one attached hydrogen (secondary N) is 2. The van der Waals surface area contributed by atoms with Crippen LogP contribution in [0.5, 0.6) is 0 Å². The quantitative estimate of drug-likeness (QED) is 0.395. The van der Waals surface area contributed by atoms with Crippen LogP contribution in [0.4, 0.5) is 0 Å². The van der Waals surface area contributed by atoms with Crippen molar-refractivity contribution in [2.45, 2.75) is 12.8 Å². The van der Waals surface area contributed by atoms with Crippen molar-refractivity contribution in [3.63, 3.8) is 0 Å². The summed E-state index contributed by atoms with van der Waals surface area (Å²) in [6, 6.07) is 0. The van der Waals surface area contributed by atoms with Crippen LogP contribution in [0.2, 0.25) is 0 Å². The van der Waals surface area contributed by atoms with Crippen LogP contribution in [0.15, 0.2) is 24.6 Å². The second-order valence-corrected chi connectivity index (χ2v) is 5.61. The van der Waals surface area contributed by atoms with Crippen LogP contribution in [0.3, 0.4) is 0 Å². The van der Waals surface area contributed by atoms with Gasteiger partial charge in [-0.05, 0) is 38.3 Å². The highest BCUT2D eigenvalue weighted by Crippen LogP contribution is 1.95. The Balaban J connectivity index is -0.000000384. The van der Waals surface area contributed by atoms with Crippen LogP contribution < -0.4 is 10.6 Å². The molecular weight excluding hydrogens is 552 g/mol. The predicted octanol–water partition coefficient (Wildman–Crippen LogP) is 1.49. The molecule has 0 saturated carbocycles. The molecule has 8 nitrogen and oxygen atoms in total. The summed E-state index contributed by atoms with van der Waals surface area (Å²) in [4.78, 5) is 24.4. The van der Waals surface area contributed by atoms with Gasteiger partial charge in [0.25, 0.3) is 0 Å². The largest absolute Gasteiger partial charge is 0.480 e. The van der Waals surface area contributed by atoms with Gasteiger partial charge in [-0.3, -0.25) is 9.59 Å². The van der Waals surface area contributed by atoms with Gasteiger partial charge in [-0.1, -0.05) is 12.2 Å². The number of rotatable bonds is 4. The number of nitrogens with zero attached hydrogens (tertiary/aromatic N) is 2. The number of carbonyl (C=O) groups is 2. The Morgan fingerprint density at radius 2 is 1.15 bits per heavy atom. The second-order valence-electron chi connectivity index (χ2n) is 5.61. The SMILES string of the molecule is Br.Br.Br.O=C(O)CN1/C=C\CNCCC1.O=C(O)CN1/C=C\CNCCC1. The molecule has 0 fully saturated rings. The summed E-state index contributed by atoms with van der Waals surface area (Å²) in [6.07, 6.45) is 9.58. The molecule has 2 aliphatic rings. The van der Waals surface area contributed by atoms with E-state index in [0.717, 1.165) is 52.1 Å². The van der Waals surface area contributed by atoms with Gasteiger partial charge in [-0.15, -0.1) is 50.9 Å². The van der Waals surface area contributed by atoms with Crippen LogP contribution in [0.1, 0.15) is 12.8 Å². The minimum atomic E-state index is -0.770. The molecule has 0 bridgehead atoms. The zero-order valence-electron chi connectivity index (χ0n) is 15.2. The average Bonchev–Trinajstić information content (AvgIpc) is 2.44. The first-order valence-corrected chi connectivity index (χ1v) is 8.24. The maximum atomic E-state index is 10.4. The summed E-state index contributed by atoms with van der Waals surface area (Å²) in [5.74, 6) is -1.54. The van der Waals surface area contributed by atoms with E-state index >= 15 is 0 Å². The molecule has 0 saturated heterocycles. The maximum Gasteiger partial charge on any atom is 0.323 e. The number of carboxylic acids is 2. The van der Waals surface area contributed by atoms with Gasteiger partial charge in [0.2, 0.25) is 0 Å². The zero-order valence-corrected chi connectivity index (χ0v) is 20.3. The van der Waals surface area contributed by atoms with E-state index in [-0.39, 0.29) is 64.0 Å². The summed E-state index contributed by atoms with van der Waals surface area (Å²) in [5.41, 5.74) is 0. The Hall–Kier alpha value is -0.620. The van der Waals surface area contributed by atoms with E-state index in [2.05, 4.69) is 10.6 Å². The molecule has 0 atom stereocenters. The van der Waals surface area contributed by atoms with Crippen LogP contribution in [-0.2, 0) is 9.59 Å². The first kappa shape index (κ1) is 31.1. The monoisotopic (exact) mass is 580 g/mol. The van der Waals surface area contributed by atoms with Gasteiger partial charge in [0.1, 0.15) is 13.1 Å². The van der Waals surface area contributed by atoms with E-state index in [4.69, 9.17) is 10.2 Å². The number of hydrogen-bond donors (Lipinski definition) is 4. The highest BCUT2D eigenvalue weighted by Gasteiger charge is 2.06. The molecule has 0 aromatic heterocycles. The number of hydrogen-bond acceptors (Lipinski definition) is 6. The molecule has 4 N–H and O–H groups in total. The van der Waals surface area contributed by atoms with Crippen molar-refractivity contribution >= 4 is 62.9 Å². The Kier molecular flexibility index (Phi) is 23.2. The first-order valence-electron chi connectivity index (χ1n) is 8.24. The minimum absolute atomic E-state index is 0. The first-order chi connectivity index (χ1) is 11.6. The number of halogens is 3. The van der Waals surface area contributed by atoms with Gasteiger partial charge >= 0.3 is 11.9 Å². The number of aliphatic carboxylic acids is 2. The molecule has 2 rings (SSSR count). The lowest BCUT2D eigenvalue weighted by molar-refractivity contribution is -0.138. The van der Waals surface area contributed by atoms with Crippen molar-refractivity contribution in [3.8, 4) is 0 Å². The smallest absolute Gasteiger partial charge is 0.323 e. The van der Waals surface area contributed by atoms with E-state index < -0.39 is 11.9 Å². The lowest BCUT2D eigenvalue weighted by Crippen LogP contribution is -2.30. The van der Waals surface area contributed by atoms with E-state index in [9.17, 15) is 9.59 Å². The molecule has 160 valence electrons. The minimum Gasteiger partial charge on any atom is -0.480 e. The lowest BCUT2D eigenvalue weighted by atomic mass is 10.3. The molecule has 0 radical (unpaired) electrons. The zero-order chi connectivity index (χ0) is 17.6. The summed E-state index contributed by atoms with van der Waals surface area (Å²) in [6.45, 7) is 5.42. The Labute approximate surface area is 192 Å². The summed E-state index contributed by atoms with van der Waals surface area (Å²) in [5, 5.41) is 23.5. The third-order valence-corrected chi connectivity index (χ3v) is 3.43. The normalized spacial score (nSPS) is 18.8. The molecular formula is C16H31Br3N4O4. The molecule has 0 aliphatic carbocycles. The second kappa shape index (κ2) is 20.1. The predicted molar refractivity (Wildman–Crippen MR) is 123 cm³/mol. The van der Waals surface area contributed by atoms with Crippen LogP contribution in [0, 0.1) is 0 Å². The topological polar surface area (TPSA) is 105 Å². The van der Waals surface area contributed by atoms with Crippen molar-refractivity contribution in [3.05, 3.63) is 24.6 Å². The number of carboxylic acid groups (broad SMARTS) is 2. The standard InChI is InChI=1S/2C8H14N2O2.3BrH/c2*11-8(12)7-10-5-1-3-9-4-2-6-10;;;/h2*1,5,9H,2-4,6-7H2,(H,11,12);3*1H/b2*5-1-;;;. The van der Waals surface area contributed by atoms with Crippen LogP contribution in [-0.4, -0.2) is 84.3 Å². The summed E-state index contributed by atoms with van der Waals surface area (Å²) < 4.78 is 0. The van der Waals surface area contributed by atoms with Gasteiger partial charge in [0.15, 0.2) is 0 Å². The Morgan fingerprint density at radius 3 is 1.48 bits per heavy atom. The molecule has 0 aromatic carbocycles. The van der Waals surface area contributed by atoms with Gasteiger partial charge in [-0.25, -0.2) is 0 Å². The molecule has 2 aliphatic heterocycles. The van der Waals surface area contributed by atoms with Crippen molar-refractivity contribution < 1.29 is 19.8 Å². The average molecular weight is 583 g/mol. The third-order valence-electron chi connectivity index (χ3n) is 3.43. The van der Waals surface area contributed by atoms with Gasteiger partial charge in [0.05, 0.1) is 0 Å². The van der Waals surface area contributed by atoms with Crippen LogP contribution in [0.25, 0.3) is 0 Å². The molecule has 0 unspecified atom stereocenters. The van der Waals surface area contributed by atoms with Crippen molar-refractivity contribution in [1.29, 1.82) is 0 Å². The van der Waals surface area contributed by atoms with Gasteiger partial charge < -0.3 is 30.6 Å². The molecule has 0 spiro atoms. The van der Waals surface area contributed by atoms with E-state index in [1.165, 1.54) is 0 Å². The fourth-order valence-corrected chi connectivity index (χ4v) is 2.35. The summed E-state index contributed by atoms with van der Waals surface area (Å²) >= 11 is 0. The van der Waals surface area contributed by atoms with Gasteiger partial charge in [0, 0.05) is 26.2 Å². The van der Waals surface area contributed by atoms with Crippen molar-refractivity contribution in [2.75, 3.05) is 52.4 Å². The summed E-state index contributed by atoms with van der Waals surface area (Å²) in [7, 11) is 0. The molecule has 11 heteroatoms. The molecule has 0 aromatic rings. The molecule has 2 heterocycles. The third kappa shape index (κ3) is 18.5. The Morgan fingerprint density at radius 1 is 0.778 bits per heavy atom. The Bertz CT molecular complexity index is 413.